The molecule has 11 nitrogen and oxygen atoms in total. The fourth-order valence-corrected chi connectivity index (χ4v) is 3.91. The molecule has 188 valence electrons. The molecule has 0 radical (unpaired) electrons. The third-order valence-electron chi connectivity index (χ3n) is 5.82. The molecule has 0 atom stereocenters. The molecular weight excluding hydrogens is 470 g/mol. The van der Waals surface area contributed by atoms with Crippen LogP contribution >= 0.6 is 0 Å². The molecule has 0 saturated carbocycles. The van der Waals surface area contributed by atoms with Crippen molar-refractivity contribution in [2.75, 3.05) is 30.3 Å². The molecule has 1 aliphatic rings. The van der Waals surface area contributed by atoms with Gasteiger partial charge in [0.25, 0.3) is 0 Å². The van der Waals surface area contributed by atoms with Gasteiger partial charge in [-0.3, -0.25) is 4.98 Å². The van der Waals surface area contributed by atoms with E-state index in [1.807, 2.05) is 25.1 Å². The summed E-state index contributed by atoms with van der Waals surface area (Å²) in [5.41, 5.74) is 2.52. The summed E-state index contributed by atoms with van der Waals surface area (Å²) < 4.78 is 5.51. The third-order valence-corrected chi connectivity index (χ3v) is 5.82. The van der Waals surface area contributed by atoms with Gasteiger partial charge in [-0.05, 0) is 69.1 Å². The van der Waals surface area contributed by atoms with Gasteiger partial charge in [-0.15, -0.1) is 0 Å². The third kappa shape index (κ3) is 6.58. The Bertz CT molecular complexity index is 1380. The summed E-state index contributed by atoms with van der Waals surface area (Å²) in [7, 11) is 0. The Morgan fingerprint density at radius 2 is 1.81 bits per heavy atom. The van der Waals surface area contributed by atoms with Crippen molar-refractivity contribution in [2.45, 2.75) is 19.8 Å². The smallest absolute Gasteiger partial charge is 0.339 e. The highest BCUT2D eigenvalue weighted by Crippen LogP contribution is 2.20. The molecule has 0 bridgehead atoms. The number of aryl methyl sites for hydroxylation is 1. The first kappa shape index (κ1) is 24.2. The lowest BCUT2D eigenvalue weighted by Crippen LogP contribution is -2.30. The zero-order chi connectivity index (χ0) is 25.5. The van der Waals surface area contributed by atoms with Gasteiger partial charge in [0.15, 0.2) is 5.82 Å². The number of pyridine rings is 2. The molecule has 1 aliphatic heterocycles. The van der Waals surface area contributed by atoms with Crippen LogP contribution in [0.1, 0.15) is 28.9 Å². The van der Waals surface area contributed by atoms with Crippen LogP contribution in [0.2, 0.25) is 0 Å². The van der Waals surface area contributed by atoms with Crippen molar-refractivity contribution >= 4 is 29.2 Å². The molecular formula is C26H27N9O2. The standard InChI is InChI=1S/C26H27N9O2/c1-17-3-2-4-21(31-17)24-29-11-7-22(34-24)33-23-8-12-30-26(35-23)32-20-13-19(14-28-15-20)25(36)37-16-18-5-9-27-10-6-18/h2-4,7-8,11-15,18,27H,5-6,9-10,16H2,1H3,(H2,29,30,32,33,34,35). The Labute approximate surface area is 214 Å². The first-order valence-electron chi connectivity index (χ1n) is 12.1. The predicted molar refractivity (Wildman–Crippen MR) is 139 cm³/mol. The molecule has 3 N–H and O–H groups in total. The van der Waals surface area contributed by atoms with Gasteiger partial charge < -0.3 is 20.7 Å². The van der Waals surface area contributed by atoms with Crippen LogP contribution in [-0.4, -0.2) is 55.6 Å². The second-order valence-corrected chi connectivity index (χ2v) is 8.70. The second kappa shape index (κ2) is 11.5. The van der Waals surface area contributed by atoms with Crippen molar-refractivity contribution in [3.63, 3.8) is 0 Å². The normalized spacial score (nSPS) is 13.6. The molecule has 5 rings (SSSR count). The molecule has 4 aromatic heterocycles. The molecule has 1 fully saturated rings. The van der Waals surface area contributed by atoms with E-state index in [9.17, 15) is 4.79 Å². The summed E-state index contributed by atoms with van der Waals surface area (Å²) in [5, 5.41) is 9.57. The Morgan fingerprint density at radius 3 is 2.65 bits per heavy atom. The lowest BCUT2D eigenvalue weighted by Gasteiger charge is -2.22. The molecule has 11 heteroatoms. The number of aromatic nitrogens is 6. The highest BCUT2D eigenvalue weighted by atomic mass is 16.5. The maximum atomic E-state index is 12.5. The number of esters is 1. The highest BCUT2D eigenvalue weighted by Gasteiger charge is 2.16. The van der Waals surface area contributed by atoms with Crippen molar-refractivity contribution in [3.05, 3.63) is 72.4 Å². The second-order valence-electron chi connectivity index (χ2n) is 8.70. The molecule has 37 heavy (non-hydrogen) atoms. The quantitative estimate of drug-likeness (QED) is 0.307. The highest BCUT2D eigenvalue weighted by molar-refractivity contribution is 5.90. The van der Waals surface area contributed by atoms with Gasteiger partial charge in [0.05, 0.1) is 24.1 Å². The van der Waals surface area contributed by atoms with E-state index in [4.69, 9.17) is 4.74 Å². The van der Waals surface area contributed by atoms with Crippen molar-refractivity contribution in [1.29, 1.82) is 0 Å². The number of anilines is 4. The SMILES string of the molecule is Cc1cccc(-c2nccc(Nc3ccnc(Nc4cncc(C(=O)OCC5CCNCC5)c4)n3)n2)n1. The van der Waals surface area contributed by atoms with Crippen molar-refractivity contribution in [3.8, 4) is 11.5 Å². The number of ether oxygens (including phenoxy) is 1. The average Bonchev–Trinajstić information content (AvgIpc) is 2.93. The Kier molecular flexibility index (Phi) is 7.51. The summed E-state index contributed by atoms with van der Waals surface area (Å²) in [6.45, 7) is 4.25. The lowest BCUT2D eigenvalue weighted by molar-refractivity contribution is 0.0415. The number of carbonyl (C=O) groups excluding carboxylic acids is 1. The first-order valence-corrected chi connectivity index (χ1v) is 12.1. The van der Waals surface area contributed by atoms with E-state index in [1.165, 1.54) is 6.20 Å². The van der Waals surface area contributed by atoms with Gasteiger partial charge in [0, 0.05) is 24.3 Å². The Balaban J connectivity index is 1.23. The van der Waals surface area contributed by atoms with Gasteiger partial charge in [0.1, 0.15) is 17.3 Å². The van der Waals surface area contributed by atoms with Gasteiger partial charge in [-0.1, -0.05) is 6.07 Å². The molecule has 1 saturated heterocycles. The van der Waals surface area contributed by atoms with Crippen molar-refractivity contribution in [1.82, 2.24) is 35.2 Å². The minimum absolute atomic E-state index is 0.335. The molecule has 0 aliphatic carbocycles. The average molecular weight is 498 g/mol. The van der Waals surface area contributed by atoms with Crippen LogP contribution in [0, 0.1) is 12.8 Å². The Hall–Kier alpha value is -4.51. The number of rotatable bonds is 8. The largest absolute Gasteiger partial charge is 0.462 e. The van der Waals surface area contributed by atoms with E-state index in [2.05, 4.69) is 45.9 Å². The zero-order valence-electron chi connectivity index (χ0n) is 20.4. The lowest BCUT2D eigenvalue weighted by atomic mass is 9.99. The van der Waals surface area contributed by atoms with Crippen LogP contribution in [-0.2, 0) is 4.74 Å². The summed E-state index contributed by atoms with van der Waals surface area (Å²) in [5.74, 6) is 1.94. The van der Waals surface area contributed by atoms with Crippen LogP contribution < -0.4 is 16.0 Å². The summed E-state index contributed by atoms with van der Waals surface area (Å²) >= 11 is 0. The number of piperidine rings is 1. The molecule has 0 aromatic carbocycles. The topological polar surface area (TPSA) is 140 Å². The number of nitrogens with zero attached hydrogens (tertiary/aromatic N) is 6. The van der Waals surface area contributed by atoms with Crippen molar-refractivity contribution in [2.24, 2.45) is 5.92 Å². The summed E-state index contributed by atoms with van der Waals surface area (Å²) in [6, 6.07) is 10.9. The summed E-state index contributed by atoms with van der Waals surface area (Å²) in [6.07, 6.45) is 8.38. The monoisotopic (exact) mass is 497 g/mol. The number of carbonyl (C=O) groups is 1. The van der Waals surface area contributed by atoms with E-state index in [0.29, 0.717) is 52.9 Å². The van der Waals surface area contributed by atoms with Crippen LogP contribution in [0.4, 0.5) is 23.3 Å². The van der Waals surface area contributed by atoms with Crippen molar-refractivity contribution < 1.29 is 9.53 Å². The zero-order valence-corrected chi connectivity index (χ0v) is 20.4. The van der Waals surface area contributed by atoms with E-state index in [0.717, 1.165) is 31.6 Å². The molecule has 4 aromatic rings. The molecule has 5 heterocycles. The first-order chi connectivity index (χ1) is 18.1. The van der Waals surface area contributed by atoms with Gasteiger partial charge in [0.2, 0.25) is 5.95 Å². The minimum Gasteiger partial charge on any atom is -0.462 e. The van der Waals surface area contributed by atoms with Gasteiger partial charge >= 0.3 is 5.97 Å². The van der Waals surface area contributed by atoms with Crippen LogP contribution in [0.5, 0.6) is 0 Å². The minimum atomic E-state index is -0.395. The molecule has 0 spiro atoms. The van der Waals surface area contributed by atoms with Gasteiger partial charge in [-0.2, -0.15) is 4.98 Å². The number of hydrogen-bond donors (Lipinski definition) is 3. The van der Waals surface area contributed by atoms with Crippen LogP contribution in [0.3, 0.4) is 0 Å². The number of nitrogens with one attached hydrogen (secondary N) is 3. The maximum absolute atomic E-state index is 12.5. The van der Waals surface area contributed by atoms with E-state index in [1.54, 1.807) is 36.8 Å². The summed E-state index contributed by atoms with van der Waals surface area (Å²) in [4.78, 5) is 38.8. The van der Waals surface area contributed by atoms with Crippen LogP contribution in [0.15, 0.2) is 61.2 Å². The molecule has 0 amide bonds. The Morgan fingerprint density at radius 1 is 1.00 bits per heavy atom. The fraction of sp³-hybridized carbons (Fsp3) is 0.269. The number of hydrogen-bond acceptors (Lipinski definition) is 11. The van der Waals surface area contributed by atoms with E-state index in [-0.39, 0.29) is 0 Å². The molecule has 0 unspecified atom stereocenters. The van der Waals surface area contributed by atoms with E-state index >= 15 is 0 Å². The van der Waals surface area contributed by atoms with E-state index < -0.39 is 5.97 Å². The van der Waals surface area contributed by atoms with Gasteiger partial charge in [-0.25, -0.2) is 24.7 Å². The predicted octanol–water partition coefficient (Wildman–Crippen LogP) is 3.68. The fourth-order valence-electron chi connectivity index (χ4n) is 3.91. The van der Waals surface area contributed by atoms with Crippen LogP contribution in [0.25, 0.3) is 11.5 Å². The maximum Gasteiger partial charge on any atom is 0.339 e.